The fraction of sp³-hybridized carbons (Fsp3) is 0.467. The van der Waals surface area contributed by atoms with Gasteiger partial charge in [-0.25, -0.2) is 4.79 Å². The van der Waals surface area contributed by atoms with Crippen LogP contribution in [0.1, 0.15) is 32.4 Å². The van der Waals surface area contributed by atoms with Crippen molar-refractivity contribution in [2.75, 3.05) is 13.7 Å². The second-order valence-electron chi connectivity index (χ2n) is 5.38. The third-order valence-electron chi connectivity index (χ3n) is 2.36. The van der Waals surface area contributed by atoms with E-state index in [-0.39, 0.29) is 12.5 Å². The molecule has 0 radical (unpaired) electrons. The van der Waals surface area contributed by atoms with Crippen LogP contribution in [0, 0.1) is 0 Å². The van der Waals surface area contributed by atoms with Gasteiger partial charge in [-0.05, 0) is 26.3 Å². The van der Waals surface area contributed by atoms with Gasteiger partial charge in [0.25, 0.3) is 0 Å². The molecular weight excluding hydrogens is 258 g/mol. The van der Waals surface area contributed by atoms with Crippen molar-refractivity contribution >= 4 is 11.9 Å². The molecule has 1 amide bonds. The largest absolute Gasteiger partial charge is 0.458 e. The molecule has 0 aliphatic carbocycles. The number of ether oxygens (including phenoxy) is 2. The van der Waals surface area contributed by atoms with Gasteiger partial charge in [0.05, 0.1) is 0 Å². The van der Waals surface area contributed by atoms with Gasteiger partial charge in [0.1, 0.15) is 12.2 Å². The molecule has 110 valence electrons. The maximum absolute atomic E-state index is 12.2. The van der Waals surface area contributed by atoms with Crippen LogP contribution in [-0.2, 0) is 19.1 Å². The molecule has 5 nitrogen and oxygen atoms in total. The summed E-state index contributed by atoms with van der Waals surface area (Å²) in [5.41, 5.74) is 0.0574. The molecule has 1 N–H and O–H groups in total. The van der Waals surface area contributed by atoms with Crippen LogP contribution in [0.5, 0.6) is 0 Å². The molecule has 1 rings (SSSR count). The molecule has 5 heteroatoms. The Labute approximate surface area is 119 Å². The van der Waals surface area contributed by atoms with Crippen molar-refractivity contribution in [3.8, 4) is 0 Å². The molecule has 0 heterocycles. The highest BCUT2D eigenvalue weighted by Gasteiger charge is 2.27. The maximum Gasteiger partial charge on any atom is 0.333 e. The third-order valence-corrected chi connectivity index (χ3v) is 2.36. The summed E-state index contributed by atoms with van der Waals surface area (Å²) >= 11 is 0. The van der Waals surface area contributed by atoms with Crippen LogP contribution in [-0.4, -0.2) is 31.2 Å². The van der Waals surface area contributed by atoms with Gasteiger partial charge in [-0.15, -0.1) is 0 Å². The first-order valence-electron chi connectivity index (χ1n) is 6.39. The number of esters is 1. The minimum atomic E-state index is -0.835. The lowest BCUT2D eigenvalue weighted by molar-refractivity contribution is -0.159. The average Bonchev–Trinajstić information content (AvgIpc) is 2.35. The topological polar surface area (TPSA) is 64.6 Å². The highest BCUT2D eigenvalue weighted by Crippen LogP contribution is 2.18. The van der Waals surface area contributed by atoms with Gasteiger partial charge < -0.3 is 14.8 Å². The fourth-order valence-corrected chi connectivity index (χ4v) is 1.62. The predicted molar refractivity (Wildman–Crippen MR) is 75.0 cm³/mol. The normalized spacial score (nSPS) is 12.6. The first-order chi connectivity index (χ1) is 9.33. The van der Waals surface area contributed by atoms with E-state index in [0.29, 0.717) is 5.56 Å². The maximum atomic E-state index is 12.2. The number of hydrogen-bond acceptors (Lipinski definition) is 4. The smallest absolute Gasteiger partial charge is 0.333 e. The minimum Gasteiger partial charge on any atom is -0.458 e. The summed E-state index contributed by atoms with van der Waals surface area (Å²) in [5, 5.41) is 2.62. The fourth-order valence-electron chi connectivity index (χ4n) is 1.62. The lowest BCUT2D eigenvalue weighted by Crippen LogP contribution is -2.39. The first-order valence-corrected chi connectivity index (χ1v) is 6.39. The highest BCUT2D eigenvalue weighted by molar-refractivity contribution is 5.86. The quantitative estimate of drug-likeness (QED) is 0.835. The summed E-state index contributed by atoms with van der Waals surface area (Å²) in [6, 6.07) is 8.14. The Kier molecular flexibility index (Phi) is 5.70. The highest BCUT2D eigenvalue weighted by atomic mass is 16.6. The van der Waals surface area contributed by atoms with Gasteiger partial charge in [-0.1, -0.05) is 30.3 Å². The second kappa shape index (κ2) is 7.05. The molecule has 0 aliphatic heterocycles. The van der Waals surface area contributed by atoms with E-state index < -0.39 is 17.6 Å². The number of methoxy groups -OCH3 is 1. The van der Waals surface area contributed by atoms with E-state index >= 15 is 0 Å². The zero-order valence-corrected chi connectivity index (χ0v) is 12.3. The molecule has 1 atom stereocenters. The van der Waals surface area contributed by atoms with E-state index in [1.165, 1.54) is 7.11 Å². The molecule has 0 aromatic heterocycles. The van der Waals surface area contributed by atoms with Crippen LogP contribution in [0.4, 0.5) is 0 Å². The Morgan fingerprint density at radius 2 is 1.80 bits per heavy atom. The Hall–Kier alpha value is -1.88. The molecule has 0 spiro atoms. The molecule has 0 fully saturated rings. The van der Waals surface area contributed by atoms with Crippen molar-refractivity contribution in [3.05, 3.63) is 35.9 Å². The lowest BCUT2D eigenvalue weighted by Gasteiger charge is -2.24. The van der Waals surface area contributed by atoms with Crippen LogP contribution in [0.2, 0.25) is 0 Å². The Balaban J connectivity index is 2.90. The first kappa shape index (κ1) is 16.2. The van der Waals surface area contributed by atoms with E-state index in [1.54, 1.807) is 45.0 Å². The number of rotatable bonds is 5. The van der Waals surface area contributed by atoms with Gasteiger partial charge in [0.15, 0.2) is 6.04 Å². The van der Waals surface area contributed by atoms with E-state index in [1.807, 2.05) is 6.07 Å². The average molecular weight is 279 g/mol. The second-order valence-corrected chi connectivity index (χ2v) is 5.38. The van der Waals surface area contributed by atoms with Gasteiger partial charge >= 0.3 is 5.97 Å². The molecule has 0 saturated heterocycles. The zero-order valence-electron chi connectivity index (χ0n) is 12.3. The Bertz CT molecular complexity index is 451. The number of carbonyl (C=O) groups excluding carboxylic acids is 2. The lowest BCUT2D eigenvalue weighted by atomic mass is 10.1. The van der Waals surface area contributed by atoms with Crippen molar-refractivity contribution in [3.63, 3.8) is 0 Å². The van der Waals surface area contributed by atoms with Crippen LogP contribution >= 0.6 is 0 Å². The van der Waals surface area contributed by atoms with Gasteiger partial charge in [0.2, 0.25) is 5.91 Å². The number of hydrogen-bond donors (Lipinski definition) is 1. The van der Waals surface area contributed by atoms with Crippen molar-refractivity contribution in [2.45, 2.75) is 32.4 Å². The van der Waals surface area contributed by atoms with E-state index in [4.69, 9.17) is 9.47 Å². The Morgan fingerprint density at radius 1 is 1.20 bits per heavy atom. The summed E-state index contributed by atoms with van der Waals surface area (Å²) in [5.74, 6) is -0.861. The Morgan fingerprint density at radius 3 is 2.30 bits per heavy atom. The molecular formula is C15H21NO4. The van der Waals surface area contributed by atoms with Crippen molar-refractivity contribution in [1.29, 1.82) is 0 Å². The van der Waals surface area contributed by atoms with E-state index in [9.17, 15) is 9.59 Å². The minimum absolute atomic E-state index is 0.105. The van der Waals surface area contributed by atoms with Crippen LogP contribution in [0.15, 0.2) is 30.3 Å². The molecule has 1 aromatic rings. The van der Waals surface area contributed by atoms with Crippen LogP contribution in [0.25, 0.3) is 0 Å². The van der Waals surface area contributed by atoms with Gasteiger partial charge in [0, 0.05) is 7.11 Å². The SMILES string of the molecule is COCC(=O)N[C@@H](C(=O)OC(C)(C)C)c1ccccc1. The summed E-state index contributed by atoms with van der Waals surface area (Å²) in [6.45, 7) is 5.24. The summed E-state index contributed by atoms with van der Waals surface area (Å²) in [7, 11) is 1.42. The number of carbonyl (C=O) groups is 2. The molecule has 0 saturated carbocycles. The molecule has 20 heavy (non-hydrogen) atoms. The predicted octanol–water partition coefficient (Wildman–Crippen LogP) is 1.83. The van der Waals surface area contributed by atoms with Gasteiger partial charge in [-0.3, -0.25) is 4.79 Å². The zero-order chi connectivity index (χ0) is 15.2. The molecule has 0 unspecified atom stereocenters. The summed E-state index contributed by atoms with van der Waals surface area (Å²) in [4.78, 5) is 23.9. The van der Waals surface area contributed by atoms with Crippen molar-refractivity contribution < 1.29 is 19.1 Å². The van der Waals surface area contributed by atoms with Crippen LogP contribution in [0.3, 0.4) is 0 Å². The number of benzene rings is 1. The van der Waals surface area contributed by atoms with Crippen molar-refractivity contribution in [2.24, 2.45) is 0 Å². The number of amides is 1. The van der Waals surface area contributed by atoms with E-state index in [0.717, 1.165) is 0 Å². The third kappa shape index (κ3) is 5.40. The van der Waals surface area contributed by atoms with E-state index in [2.05, 4.69) is 5.32 Å². The van der Waals surface area contributed by atoms with Crippen LogP contribution < -0.4 is 5.32 Å². The standard InChI is InChI=1S/C15H21NO4/c1-15(2,3)20-14(18)13(16-12(17)10-19-4)11-8-6-5-7-9-11/h5-9,13H,10H2,1-4H3,(H,16,17)/t13-/m1/s1. The van der Waals surface area contributed by atoms with Gasteiger partial charge in [-0.2, -0.15) is 0 Å². The monoisotopic (exact) mass is 279 g/mol. The summed E-state index contributed by atoms with van der Waals surface area (Å²) < 4.78 is 10.1. The molecule has 0 bridgehead atoms. The van der Waals surface area contributed by atoms with Crippen molar-refractivity contribution in [1.82, 2.24) is 5.32 Å². The molecule has 0 aliphatic rings. The number of nitrogens with one attached hydrogen (secondary N) is 1. The summed E-state index contributed by atoms with van der Waals surface area (Å²) in [6.07, 6.45) is 0. The molecule has 1 aromatic carbocycles.